The van der Waals surface area contributed by atoms with Crippen LogP contribution in [-0.2, 0) is 9.53 Å². The number of carbonyl (C=O) groups excluding carboxylic acids is 1. The summed E-state index contributed by atoms with van der Waals surface area (Å²) in [7, 11) is 0. The Kier molecular flexibility index (Phi) is 11.1. The van der Waals surface area contributed by atoms with Gasteiger partial charge in [0.2, 0.25) is 0 Å². The van der Waals surface area contributed by atoms with E-state index in [-0.39, 0.29) is 5.97 Å². The fourth-order valence-electron chi connectivity index (χ4n) is 1.64. The van der Waals surface area contributed by atoms with Crippen LogP contribution in [-0.4, -0.2) is 12.6 Å². The molecule has 0 fully saturated rings. The highest BCUT2D eigenvalue weighted by Gasteiger charge is 2.03. The van der Waals surface area contributed by atoms with Gasteiger partial charge in [0.25, 0.3) is 0 Å². The van der Waals surface area contributed by atoms with Crippen LogP contribution in [0.25, 0.3) is 0 Å². The molecule has 0 spiro atoms. The largest absolute Gasteiger partial charge is 0.462 e. The summed E-state index contributed by atoms with van der Waals surface area (Å²) in [5, 5.41) is 0. The van der Waals surface area contributed by atoms with Crippen molar-refractivity contribution in [3.05, 3.63) is 11.6 Å². The van der Waals surface area contributed by atoms with Crippen molar-refractivity contribution < 1.29 is 9.53 Å². The second-order valence-electron chi connectivity index (χ2n) is 4.58. The maximum absolute atomic E-state index is 11.4. The molecule has 2 heteroatoms. The molecule has 0 aromatic carbocycles. The van der Waals surface area contributed by atoms with E-state index in [2.05, 4.69) is 6.92 Å². The van der Waals surface area contributed by atoms with Gasteiger partial charge in [0.1, 0.15) is 0 Å². The van der Waals surface area contributed by atoms with Gasteiger partial charge in [-0.15, -0.1) is 0 Å². The summed E-state index contributed by atoms with van der Waals surface area (Å²) in [4.78, 5) is 11.4. The van der Waals surface area contributed by atoms with Crippen LogP contribution in [0.15, 0.2) is 11.6 Å². The zero-order valence-electron chi connectivity index (χ0n) is 11.8. The number of unbranched alkanes of at least 4 members (excludes halogenated alkanes) is 6. The highest BCUT2D eigenvalue weighted by atomic mass is 16.5. The number of allylic oxidation sites excluding steroid dienone is 1. The van der Waals surface area contributed by atoms with E-state index >= 15 is 0 Å². The molecule has 17 heavy (non-hydrogen) atoms. The Hall–Kier alpha value is -0.790. The van der Waals surface area contributed by atoms with Crippen LogP contribution in [0.4, 0.5) is 0 Å². The van der Waals surface area contributed by atoms with Crippen molar-refractivity contribution in [1.29, 1.82) is 0 Å². The first-order chi connectivity index (χ1) is 8.22. The van der Waals surface area contributed by atoms with Crippen molar-refractivity contribution in [2.75, 3.05) is 6.61 Å². The molecule has 0 aliphatic carbocycles. The van der Waals surface area contributed by atoms with Gasteiger partial charge >= 0.3 is 5.97 Å². The molecule has 0 bridgehead atoms. The average molecular weight is 240 g/mol. The number of carbonyl (C=O) groups is 1. The molecule has 0 unspecified atom stereocenters. The monoisotopic (exact) mass is 240 g/mol. The number of hydrogen-bond donors (Lipinski definition) is 0. The Labute approximate surface area is 106 Å². The number of esters is 1. The van der Waals surface area contributed by atoms with E-state index in [9.17, 15) is 4.79 Å². The first-order valence-corrected chi connectivity index (χ1v) is 7.06. The molecule has 0 amide bonds. The topological polar surface area (TPSA) is 26.3 Å². The SMILES string of the molecule is CCCCCCCCC=C(C)C(=O)OCCC. The van der Waals surface area contributed by atoms with Crippen molar-refractivity contribution in [3.8, 4) is 0 Å². The predicted octanol–water partition coefficient (Wildman–Crippen LogP) is 4.64. The summed E-state index contributed by atoms with van der Waals surface area (Å²) < 4.78 is 5.06. The smallest absolute Gasteiger partial charge is 0.333 e. The predicted molar refractivity (Wildman–Crippen MR) is 73.0 cm³/mol. The molecule has 0 N–H and O–H groups in total. The van der Waals surface area contributed by atoms with Crippen LogP contribution >= 0.6 is 0 Å². The fourth-order valence-corrected chi connectivity index (χ4v) is 1.64. The van der Waals surface area contributed by atoms with Gasteiger partial charge in [-0.2, -0.15) is 0 Å². The maximum atomic E-state index is 11.4. The minimum atomic E-state index is -0.155. The van der Waals surface area contributed by atoms with Gasteiger partial charge in [0, 0.05) is 5.57 Å². The van der Waals surface area contributed by atoms with E-state index < -0.39 is 0 Å². The van der Waals surface area contributed by atoms with Crippen LogP contribution in [0.2, 0.25) is 0 Å². The van der Waals surface area contributed by atoms with E-state index in [4.69, 9.17) is 4.74 Å². The van der Waals surface area contributed by atoms with Gasteiger partial charge in [-0.25, -0.2) is 4.79 Å². The van der Waals surface area contributed by atoms with Crippen molar-refractivity contribution in [1.82, 2.24) is 0 Å². The Morgan fingerprint density at radius 1 is 1.00 bits per heavy atom. The van der Waals surface area contributed by atoms with Gasteiger partial charge < -0.3 is 4.74 Å². The first kappa shape index (κ1) is 16.2. The van der Waals surface area contributed by atoms with E-state index in [1.54, 1.807) is 0 Å². The van der Waals surface area contributed by atoms with E-state index in [0.717, 1.165) is 18.4 Å². The highest BCUT2D eigenvalue weighted by molar-refractivity contribution is 5.87. The molecule has 0 aliphatic heterocycles. The summed E-state index contributed by atoms with van der Waals surface area (Å²) in [6, 6.07) is 0. The van der Waals surface area contributed by atoms with Gasteiger partial charge in [0.15, 0.2) is 0 Å². The minimum Gasteiger partial charge on any atom is -0.462 e. The number of rotatable bonds is 10. The third-order valence-electron chi connectivity index (χ3n) is 2.77. The van der Waals surface area contributed by atoms with Crippen LogP contribution in [0.5, 0.6) is 0 Å². The lowest BCUT2D eigenvalue weighted by Gasteiger charge is -2.03. The highest BCUT2D eigenvalue weighted by Crippen LogP contribution is 2.09. The zero-order chi connectivity index (χ0) is 12.9. The molecule has 0 radical (unpaired) electrons. The Morgan fingerprint density at radius 2 is 1.65 bits per heavy atom. The molecule has 0 atom stereocenters. The molecule has 100 valence electrons. The van der Waals surface area contributed by atoms with E-state index in [1.807, 2.05) is 19.9 Å². The Morgan fingerprint density at radius 3 is 2.29 bits per heavy atom. The molecular weight excluding hydrogens is 212 g/mol. The van der Waals surface area contributed by atoms with Crippen molar-refractivity contribution >= 4 is 5.97 Å². The molecule has 0 rings (SSSR count). The standard InChI is InChI=1S/C15H28O2/c1-4-6-7-8-9-10-11-12-14(3)15(16)17-13-5-2/h12H,4-11,13H2,1-3H3. The lowest BCUT2D eigenvalue weighted by molar-refractivity contribution is -0.139. The van der Waals surface area contributed by atoms with Crippen LogP contribution in [0.3, 0.4) is 0 Å². The summed E-state index contributed by atoms with van der Waals surface area (Å²) in [5.74, 6) is -0.155. The number of hydrogen-bond acceptors (Lipinski definition) is 2. The van der Waals surface area contributed by atoms with E-state index in [1.165, 1.54) is 38.5 Å². The van der Waals surface area contributed by atoms with Crippen LogP contribution < -0.4 is 0 Å². The molecule has 0 aliphatic rings. The molecule has 0 aromatic heterocycles. The van der Waals surface area contributed by atoms with Crippen molar-refractivity contribution in [3.63, 3.8) is 0 Å². The van der Waals surface area contributed by atoms with Gasteiger partial charge in [-0.3, -0.25) is 0 Å². The normalized spacial score (nSPS) is 11.6. The van der Waals surface area contributed by atoms with Gasteiger partial charge in [-0.05, 0) is 26.2 Å². The van der Waals surface area contributed by atoms with Gasteiger partial charge in [0.05, 0.1) is 6.61 Å². The van der Waals surface area contributed by atoms with Crippen LogP contribution in [0.1, 0.15) is 72.1 Å². The molecule has 0 saturated heterocycles. The lowest BCUT2D eigenvalue weighted by atomic mass is 10.1. The third kappa shape index (κ3) is 10.1. The second-order valence-corrected chi connectivity index (χ2v) is 4.58. The molecule has 2 nitrogen and oxygen atoms in total. The molecular formula is C15H28O2. The quantitative estimate of drug-likeness (QED) is 0.316. The number of ether oxygens (including phenoxy) is 1. The van der Waals surface area contributed by atoms with Gasteiger partial charge in [-0.1, -0.05) is 52.0 Å². The third-order valence-corrected chi connectivity index (χ3v) is 2.77. The summed E-state index contributed by atoms with van der Waals surface area (Å²) in [6.45, 7) is 6.60. The lowest BCUT2D eigenvalue weighted by Crippen LogP contribution is -2.06. The molecule has 0 heterocycles. The van der Waals surface area contributed by atoms with Crippen molar-refractivity contribution in [2.24, 2.45) is 0 Å². The molecule has 0 aromatic rings. The Balaban J connectivity index is 3.52. The van der Waals surface area contributed by atoms with Crippen molar-refractivity contribution in [2.45, 2.75) is 72.1 Å². The van der Waals surface area contributed by atoms with Crippen LogP contribution in [0, 0.1) is 0 Å². The first-order valence-electron chi connectivity index (χ1n) is 7.06. The summed E-state index contributed by atoms with van der Waals surface area (Å²) in [6.07, 6.45) is 11.7. The summed E-state index contributed by atoms with van der Waals surface area (Å²) >= 11 is 0. The second kappa shape index (κ2) is 11.7. The Bertz CT molecular complexity index is 219. The molecule has 0 saturated carbocycles. The fraction of sp³-hybridized carbons (Fsp3) is 0.800. The average Bonchev–Trinajstić information content (AvgIpc) is 2.34. The summed E-state index contributed by atoms with van der Waals surface area (Å²) in [5.41, 5.74) is 0.756. The minimum absolute atomic E-state index is 0.155. The van der Waals surface area contributed by atoms with E-state index in [0.29, 0.717) is 6.61 Å². The zero-order valence-corrected chi connectivity index (χ0v) is 11.8. The maximum Gasteiger partial charge on any atom is 0.333 e.